The molecule has 1 aliphatic rings. The highest BCUT2D eigenvalue weighted by atomic mass is 16.5. The van der Waals surface area contributed by atoms with Gasteiger partial charge in [0.25, 0.3) is 0 Å². The van der Waals surface area contributed by atoms with Crippen LogP contribution in [0.5, 0.6) is 5.88 Å². The first-order valence-electron chi connectivity index (χ1n) is 4.60. The topological polar surface area (TPSA) is 54.7 Å². The van der Waals surface area contributed by atoms with Gasteiger partial charge in [-0.3, -0.25) is 0 Å². The number of aryl methyl sites for hydroxylation is 1. The molecule has 1 aromatic rings. The van der Waals surface area contributed by atoms with E-state index in [0.717, 1.165) is 30.5 Å². The van der Waals surface area contributed by atoms with E-state index in [2.05, 4.69) is 10.1 Å². The fourth-order valence-electron chi connectivity index (χ4n) is 1.70. The fraction of sp³-hybridized carbons (Fsp3) is 0.400. The molecule has 0 radical (unpaired) electrons. The van der Waals surface area contributed by atoms with E-state index in [1.807, 2.05) is 12.1 Å². The Morgan fingerprint density at radius 3 is 3.00 bits per heavy atom. The Hall–Kier alpha value is -1.58. The highest BCUT2D eigenvalue weighted by Gasteiger charge is 2.17. The van der Waals surface area contributed by atoms with Crippen LogP contribution in [-0.4, -0.2) is 23.0 Å². The second-order valence-electron chi connectivity index (χ2n) is 3.26. The third-order valence-corrected chi connectivity index (χ3v) is 2.42. The number of pyridine rings is 1. The lowest BCUT2D eigenvalue weighted by molar-refractivity contribution is 0.317. The quantitative estimate of drug-likeness (QED) is 0.543. The zero-order chi connectivity index (χ0) is 9.97. The van der Waals surface area contributed by atoms with Crippen molar-refractivity contribution in [2.24, 2.45) is 5.16 Å². The number of ether oxygens (including phenoxy) is 1. The largest absolute Gasteiger partial charge is 0.481 e. The van der Waals surface area contributed by atoms with Crippen molar-refractivity contribution in [1.82, 2.24) is 4.98 Å². The molecule has 1 aromatic heterocycles. The first-order valence-corrected chi connectivity index (χ1v) is 4.60. The van der Waals surface area contributed by atoms with E-state index >= 15 is 0 Å². The summed E-state index contributed by atoms with van der Waals surface area (Å²) < 4.78 is 5.03. The number of hydrogen-bond acceptors (Lipinski definition) is 4. The van der Waals surface area contributed by atoms with Gasteiger partial charge in [-0.15, -0.1) is 0 Å². The Kier molecular flexibility index (Phi) is 2.35. The summed E-state index contributed by atoms with van der Waals surface area (Å²) >= 11 is 0. The number of fused-ring (bicyclic) bond motifs is 1. The van der Waals surface area contributed by atoms with Gasteiger partial charge in [0.15, 0.2) is 0 Å². The van der Waals surface area contributed by atoms with Gasteiger partial charge in [0.2, 0.25) is 5.88 Å². The molecular weight excluding hydrogens is 180 g/mol. The molecule has 1 N–H and O–H groups in total. The van der Waals surface area contributed by atoms with Crippen LogP contribution >= 0.6 is 0 Å². The maximum absolute atomic E-state index is 8.81. The second-order valence-corrected chi connectivity index (χ2v) is 3.26. The Balaban J connectivity index is 2.49. The molecule has 0 saturated carbocycles. The minimum atomic E-state index is 0.562. The third-order valence-electron chi connectivity index (χ3n) is 2.42. The molecule has 2 rings (SSSR count). The fourth-order valence-corrected chi connectivity index (χ4v) is 1.70. The summed E-state index contributed by atoms with van der Waals surface area (Å²) in [5.41, 5.74) is 2.56. The molecule has 0 amide bonds. The molecule has 0 aromatic carbocycles. The number of hydrogen-bond donors (Lipinski definition) is 1. The van der Waals surface area contributed by atoms with E-state index < -0.39 is 0 Å². The lowest BCUT2D eigenvalue weighted by atomic mass is 9.94. The van der Waals surface area contributed by atoms with E-state index in [-0.39, 0.29) is 0 Å². The van der Waals surface area contributed by atoms with Gasteiger partial charge in [-0.1, -0.05) is 11.2 Å². The molecule has 0 atom stereocenters. The van der Waals surface area contributed by atoms with Gasteiger partial charge in [0, 0.05) is 6.07 Å². The zero-order valence-corrected chi connectivity index (χ0v) is 8.03. The molecule has 4 nitrogen and oxygen atoms in total. The summed E-state index contributed by atoms with van der Waals surface area (Å²) in [6.45, 7) is 0. The molecule has 1 aliphatic carbocycles. The molecule has 0 fully saturated rings. The van der Waals surface area contributed by atoms with Crippen LogP contribution in [0.25, 0.3) is 0 Å². The Morgan fingerprint density at radius 2 is 2.29 bits per heavy atom. The normalized spacial score (nSPS) is 17.9. The van der Waals surface area contributed by atoms with Gasteiger partial charge in [-0.05, 0) is 24.8 Å². The standard InChI is InChI=1S/C10H12N2O2/c1-14-9-6-5-7-3-2-4-8(12-13)10(7)11-9/h5-6,13H,2-4H2,1H3/b12-8+. The summed E-state index contributed by atoms with van der Waals surface area (Å²) in [7, 11) is 1.58. The summed E-state index contributed by atoms with van der Waals surface area (Å²) in [4.78, 5) is 4.27. The molecular formula is C10H12N2O2. The van der Waals surface area contributed by atoms with E-state index in [0.29, 0.717) is 11.6 Å². The average molecular weight is 192 g/mol. The molecule has 14 heavy (non-hydrogen) atoms. The van der Waals surface area contributed by atoms with E-state index in [4.69, 9.17) is 9.94 Å². The van der Waals surface area contributed by atoms with Gasteiger partial charge >= 0.3 is 0 Å². The van der Waals surface area contributed by atoms with E-state index in [1.54, 1.807) is 7.11 Å². The Morgan fingerprint density at radius 1 is 1.43 bits per heavy atom. The maximum atomic E-state index is 8.81. The van der Waals surface area contributed by atoms with Gasteiger partial charge < -0.3 is 9.94 Å². The van der Waals surface area contributed by atoms with Gasteiger partial charge in [0.05, 0.1) is 12.8 Å². The number of methoxy groups -OCH3 is 1. The van der Waals surface area contributed by atoms with Crippen LogP contribution in [-0.2, 0) is 6.42 Å². The minimum absolute atomic E-state index is 0.562. The molecule has 0 spiro atoms. The van der Waals surface area contributed by atoms with Crippen molar-refractivity contribution in [2.45, 2.75) is 19.3 Å². The van der Waals surface area contributed by atoms with Crippen molar-refractivity contribution >= 4 is 5.71 Å². The van der Waals surface area contributed by atoms with Crippen LogP contribution in [0, 0.1) is 0 Å². The van der Waals surface area contributed by atoms with Gasteiger partial charge in [0.1, 0.15) is 5.71 Å². The minimum Gasteiger partial charge on any atom is -0.481 e. The summed E-state index contributed by atoms with van der Waals surface area (Å²) in [6.07, 6.45) is 2.79. The molecule has 1 heterocycles. The SMILES string of the molecule is COc1ccc2c(n1)/C(=N/O)CCC2. The summed E-state index contributed by atoms with van der Waals surface area (Å²) in [5, 5.41) is 12.1. The van der Waals surface area contributed by atoms with Crippen molar-refractivity contribution in [3.8, 4) is 5.88 Å². The van der Waals surface area contributed by atoms with Gasteiger partial charge in [-0.25, -0.2) is 4.98 Å². The number of nitrogens with zero attached hydrogens (tertiary/aromatic N) is 2. The number of oxime groups is 1. The molecule has 0 unspecified atom stereocenters. The van der Waals surface area contributed by atoms with Crippen molar-refractivity contribution in [3.05, 3.63) is 23.4 Å². The van der Waals surface area contributed by atoms with Gasteiger partial charge in [-0.2, -0.15) is 0 Å². The molecule has 0 aliphatic heterocycles. The van der Waals surface area contributed by atoms with Crippen LogP contribution in [0.1, 0.15) is 24.1 Å². The predicted molar refractivity (Wildman–Crippen MR) is 52.1 cm³/mol. The van der Waals surface area contributed by atoms with E-state index in [9.17, 15) is 0 Å². The third kappa shape index (κ3) is 1.43. The predicted octanol–water partition coefficient (Wildman–Crippen LogP) is 1.60. The monoisotopic (exact) mass is 192 g/mol. The highest BCUT2D eigenvalue weighted by Crippen LogP contribution is 2.22. The van der Waals surface area contributed by atoms with Crippen LogP contribution in [0.15, 0.2) is 17.3 Å². The van der Waals surface area contributed by atoms with E-state index in [1.165, 1.54) is 0 Å². The van der Waals surface area contributed by atoms with Crippen molar-refractivity contribution in [3.63, 3.8) is 0 Å². The lowest BCUT2D eigenvalue weighted by Gasteiger charge is -2.15. The molecule has 4 heteroatoms. The second kappa shape index (κ2) is 3.65. The maximum Gasteiger partial charge on any atom is 0.213 e. The van der Waals surface area contributed by atoms with Crippen molar-refractivity contribution < 1.29 is 9.94 Å². The van der Waals surface area contributed by atoms with Crippen LogP contribution in [0.4, 0.5) is 0 Å². The average Bonchev–Trinajstić information content (AvgIpc) is 2.27. The Bertz CT molecular complexity index is 374. The smallest absolute Gasteiger partial charge is 0.213 e. The lowest BCUT2D eigenvalue weighted by Crippen LogP contribution is -2.14. The van der Waals surface area contributed by atoms with Crippen LogP contribution in [0.2, 0.25) is 0 Å². The first-order chi connectivity index (χ1) is 6.85. The highest BCUT2D eigenvalue weighted by molar-refractivity contribution is 6.00. The summed E-state index contributed by atoms with van der Waals surface area (Å²) in [6, 6.07) is 3.81. The number of rotatable bonds is 1. The Labute approximate surface area is 82.2 Å². The first kappa shape index (κ1) is 8.99. The molecule has 0 bridgehead atoms. The molecule has 0 saturated heterocycles. The van der Waals surface area contributed by atoms with Crippen LogP contribution in [0.3, 0.4) is 0 Å². The molecule has 74 valence electrons. The van der Waals surface area contributed by atoms with Crippen LogP contribution < -0.4 is 4.74 Å². The summed E-state index contributed by atoms with van der Waals surface area (Å²) in [5.74, 6) is 0.562. The number of aromatic nitrogens is 1. The van der Waals surface area contributed by atoms with Crippen molar-refractivity contribution in [1.29, 1.82) is 0 Å². The van der Waals surface area contributed by atoms with Crippen molar-refractivity contribution in [2.75, 3.05) is 7.11 Å². The zero-order valence-electron chi connectivity index (χ0n) is 8.03.